The van der Waals surface area contributed by atoms with E-state index < -0.39 is 0 Å². The Labute approximate surface area is 122 Å². The molecule has 0 radical (unpaired) electrons. The summed E-state index contributed by atoms with van der Waals surface area (Å²) in [6.45, 7) is 2.15. The van der Waals surface area contributed by atoms with Crippen molar-refractivity contribution >= 4 is 28.7 Å². The molecule has 1 aliphatic heterocycles. The minimum atomic E-state index is 0.121. The molecule has 3 heterocycles. The molecule has 0 aliphatic carbocycles. The summed E-state index contributed by atoms with van der Waals surface area (Å²) in [5.41, 5.74) is 2.35. The molecule has 2 aromatic rings. The highest BCUT2D eigenvalue weighted by Crippen LogP contribution is 2.40. The van der Waals surface area contributed by atoms with Gasteiger partial charge in [0.25, 0.3) is 0 Å². The lowest BCUT2D eigenvalue weighted by Gasteiger charge is -2.23. The highest BCUT2D eigenvalue weighted by Gasteiger charge is 2.38. The number of nitrogens with zero attached hydrogens (tertiary/aromatic N) is 2. The number of pyridine rings is 1. The molecule has 19 heavy (non-hydrogen) atoms. The molecule has 2 aromatic heterocycles. The zero-order valence-corrected chi connectivity index (χ0v) is 12.5. The number of aromatic nitrogens is 1. The lowest BCUT2D eigenvalue weighted by Crippen LogP contribution is -2.24. The first kappa shape index (κ1) is 12.6. The van der Waals surface area contributed by atoms with E-state index in [0.717, 1.165) is 10.8 Å². The monoisotopic (exact) mass is 289 g/mol. The minimum Gasteiger partial charge on any atom is -0.352 e. The number of nitrogens with one attached hydrogen (secondary N) is 1. The van der Waals surface area contributed by atoms with Crippen LogP contribution in [0.3, 0.4) is 0 Å². The fourth-order valence-corrected chi connectivity index (χ4v) is 3.82. The third-order valence-electron chi connectivity index (χ3n) is 3.51. The van der Waals surface area contributed by atoms with E-state index in [9.17, 15) is 0 Å². The minimum absolute atomic E-state index is 0.121. The molecule has 98 valence electrons. The van der Waals surface area contributed by atoms with Gasteiger partial charge >= 0.3 is 0 Å². The van der Waals surface area contributed by atoms with Gasteiger partial charge in [0.2, 0.25) is 0 Å². The van der Waals surface area contributed by atoms with Crippen molar-refractivity contribution in [3.05, 3.63) is 52.0 Å². The SMILES string of the molecule is Cc1ccsc1[C@@H]1[C@H](c2ccccn2)NC(=S)N1C. The second kappa shape index (κ2) is 4.90. The standard InChI is InChI=1S/C14H15N3S2/c1-9-6-8-19-13(9)12-11(16-14(18)17(12)2)10-5-3-4-7-15-10/h3-8,11-12H,1-2H3,(H,16,18)/t11-,12-/m0/s1. The van der Waals surface area contributed by atoms with Gasteiger partial charge in [-0.25, -0.2) is 0 Å². The summed E-state index contributed by atoms with van der Waals surface area (Å²) in [5.74, 6) is 0. The predicted octanol–water partition coefficient (Wildman–Crippen LogP) is 3.05. The Morgan fingerprint density at radius 1 is 1.37 bits per heavy atom. The van der Waals surface area contributed by atoms with Crippen LogP contribution in [0.25, 0.3) is 0 Å². The summed E-state index contributed by atoms with van der Waals surface area (Å²) in [6, 6.07) is 8.51. The van der Waals surface area contributed by atoms with E-state index in [1.807, 2.05) is 25.4 Å². The molecule has 0 aromatic carbocycles. The molecule has 1 fully saturated rings. The van der Waals surface area contributed by atoms with Crippen LogP contribution in [-0.2, 0) is 0 Å². The largest absolute Gasteiger partial charge is 0.352 e. The average Bonchev–Trinajstić information content (AvgIpc) is 2.96. The van der Waals surface area contributed by atoms with Crippen molar-refractivity contribution in [3.63, 3.8) is 0 Å². The molecule has 0 amide bonds. The van der Waals surface area contributed by atoms with Crippen LogP contribution in [0.2, 0.25) is 0 Å². The number of thiophene rings is 1. The van der Waals surface area contributed by atoms with Crippen molar-refractivity contribution in [1.29, 1.82) is 0 Å². The van der Waals surface area contributed by atoms with Crippen molar-refractivity contribution in [1.82, 2.24) is 15.2 Å². The van der Waals surface area contributed by atoms with Crippen molar-refractivity contribution < 1.29 is 0 Å². The quantitative estimate of drug-likeness (QED) is 0.860. The Morgan fingerprint density at radius 3 is 2.84 bits per heavy atom. The second-order valence-corrected chi connectivity index (χ2v) is 6.04. The summed E-state index contributed by atoms with van der Waals surface area (Å²) in [4.78, 5) is 7.96. The molecule has 1 saturated heterocycles. The lowest BCUT2D eigenvalue weighted by molar-refractivity contribution is 0.373. The van der Waals surface area contributed by atoms with Gasteiger partial charge in [0.05, 0.1) is 17.8 Å². The molecular weight excluding hydrogens is 274 g/mol. The summed E-state index contributed by atoms with van der Waals surface area (Å²) in [7, 11) is 2.04. The number of hydrogen-bond donors (Lipinski definition) is 1. The van der Waals surface area contributed by atoms with Gasteiger partial charge in [-0.1, -0.05) is 6.07 Å². The molecular formula is C14H15N3S2. The van der Waals surface area contributed by atoms with E-state index in [4.69, 9.17) is 12.2 Å². The maximum absolute atomic E-state index is 5.40. The van der Waals surface area contributed by atoms with Gasteiger partial charge in [-0.2, -0.15) is 0 Å². The van der Waals surface area contributed by atoms with Gasteiger partial charge in [0, 0.05) is 18.1 Å². The van der Waals surface area contributed by atoms with E-state index in [2.05, 4.69) is 39.6 Å². The highest BCUT2D eigenvalue weighted by molar-refractivity contribution is 7.80. The second-order valence-electron chi connectivity index (χ2n) is 4.71. The van der Waals surface area contributed by atoms with Crippen LogP contribution >= 0.6 is 23.6 Å². The molecule has 1 aliphatic rings. The van der Waals surface area contributed by atoms with Crippen molar-refractivity contribution in [3.8, 4) is 0 Å². The van der Waals surface area contributed by atoms with Gasteiger partial charge in [0.1, 0.15) is 0 Å². The maximum Gasteiger partial charge on any atom is 0.169 e. The molecule has 0 spiro atoms. The van der Waals surface area contributed by atoms with Crippen molar-refractivity contribution in [2.24, 2.45) is 0 Å². The van der Waals surface area contributed by atoms with Crippen molar-refractivity contribution in [2.75, 3.05) is 7.05 Å². The molecule has 0 unspecified atom stereocenters. The number of thiocarbonyl (C=S) groups is 1. The Kier molecular flexibility index (Phi) is 3.24. The first-order valence-corrected chi connectivity index (χ1v) is 7.45. The highest BCUT2D eigenvalue weighted by atomic mass is 32.1. The summed E-state index contributed by atoms with van der Waals surface area (Å²) in [6.07, 6.45) is 1.83. The average molecular weight is 289 g/mol. The first-order chi connectivity index (χ1) is 9.18. The molecule has 0 saturated carbocycles. The molecule has 0 bridgehead atoms. The van der Waals surface area contributed by atoms with Crippen LogP contribution in [0.15, 0.2) is 35.8 Å². The zero-order chi connectivity index (χ0) is 13.4. The summed E-state index contributed by atoms with van der Waals surface area (Å²) < 4.78 is 0. The maximum atomic E-state index is 5.40. The van der Waals surface area contributed by atoms with Crippen LogP contribution in [0.4, 0.5) is 0 Å². The molecule has 5 heteroatoms. The van der Waals surface area contributed by atoms with E-state index >= 15 is 0 Å². The number of hydrogen-bond acceptors (Lipinski definition) is 3. The van der Waals surface area contributed by atoms with Gasteiger partial charge in [-0.15, -0.1) is 11.3 Å². The summed E-state index contributed by atoms with van der Waals surface area (Å²) in [5, 5.41) is 6.31. The zero-order valence-electron chi connectivity index (χ0n) is 10.8. The van der Waals surface area contributed by atoms with Gasteiger partial charge in [-0.3, -0.25) is 4.98 Å². The number of likely N-dealkylation sites (N-methyl/N-ethyl adjacent to an activating group) is 1. The number of aryl methyl sites for hydroxylation is 1. The van der Waals surface area contributed by atoms with E-state index in [1.54, 1.807) is 11.3 Å². The van der Waals surface area contributed by atoms with E-state index in [0.29, 0.717) is 0 Å². The lowest BCUT2D eigenvalue weighted by atomic mass is 10.0. The Balaban J connectivity index is 2.04. The Bertz CT molecular complexity index is 594. The first-order valence-electron chi connectivity index (χ1n) is 6.16. The Morgan fingerprint density at radius 2 is 2.21 bits per heavy atom. The molecule has 1 N–H and O–H groups in total. The van der Waals surface area contributed by atoms with Gasteiger partial charge < -0.3 is 10.2 Å². The predicted molar refractivity (Wildman–Crippen MR) is 82.3 cm³/mol. The Hall–Kier alpha value is -1.46. The van der Waals surface area contributed by atoms with Crippen LogP contribution in [0.5, 0.6) is 0 Å². The fraction of sp³-hybridized carbons (Fsp3) is 0.286. The van der Waals surface area contributed by atoms with Crippen molar-refractivity contribution in [2.45, 2.75) is 19.0 Å². The fourth-order valence-electron chi connectivity index (χ4n) is 2.47. The van der Waals surface area contributed by atoms with Crippen LogP contribution < -0.4 is 5.32 Å². The number of rotatable bonds is 2. The smallest absolute Gasteiger partial charge is 0.169 e. The molecule has 3 nitrogen and oxygen atoms in total. The van der Waals surface area contributed by atoms with Crippen LogP contribution in [0.1, 0.15) is 28.2 Å². The van der Waals surface area contributed by atoms with Crippen LogP contribution in [-0.4, -0.2) is 22.0 Å². The normalized spacial score (nSPS) is 22.6. The molecule has 2 atom stereocenters. The van der Waals surface area contributed by atoms with E-state index in [1.165, 1.54) is 10.4 Å². The van der Waals surface area contributed by atoms with Crippen LogP contribution in [0, 0.1) is 6.92 Å². The summed E-state index contributed by atoms with van der Waals surface area (Å²) >= 11 is 7.19. The van der Waals surface area contributed by atoms with Gasteiger partial charge in [0.15, 0.2) is 5.11 Å². The third kappa shape index (κ3) is 2.13. The third-order valence-corrected chi connectivity index (χ3v) is 5.00. The van der Waals surface area contributed by atoms with E-state index in [-0.39, 0.29) is 12.1 Å². The topological polar surface area (TPSA) is 28.2 Å². The molecule has 3 rings (SSSR count). The van der Waals surface area contributed by atoms with Gasteiger partial charge in [-0.05, 0) is 48.3 Å².